The SMILES string of the molecule is CC(=O)O[C@H]1COc2ccc3ncccc3c2C1. The summed E-state index contributed by atoms with van der Waals surface area (Å²) >= 11 is 0. The van der Waals surface area contributed by atoms with Gasteiger partial charge in [-0.05, 0) is 18.2 Å². The van der Waals surface area contributed by atoms with E-state index in [1.807, 2.05) is 24.3 Å². The van der Waals surface area contributed by atoms with Gasteiger partial charge in [0, 0.05) is 30.5 Å². The molecular formula is C14H13NO3. The lowest BCUT2D eigenvalue weighted by molar-refractivity contribution is -0.148. The van der Waals surface area contributed by atoms with Gasteiger partial charge in [0.25, 0.3) is 0 Å². The molecule has 0 saturated heterocycles. The Morgan fingerprint density at radius 2 is 2.33 bits per heavy atom. The smallest absolute Gasteiger partial charge is 0.303 e. The van der Waals surface area contributed by atoms with Crippen LogP contribution in [0.25, 0.3) is 10.9 Å². The number of aromatic nitrogens is 1. The third-order valence-corrected chi connectivity index (χ3v) is 3.04. The summed E-state index contributed by atoms with van der Waals surface area (Å²) in [7, 11) is 0. The van der Waals surface area contributed by atoms with Crippen molar-refractivity contribution in [2.24, 2.45) is 0 Å². The summed E-state index contributed by atoms with van der Waals surface area (Å²) < 4.78 is 10.9. The number of ether oxygens (including phenoxy) is 2. The maximum atomic E-state index is 11.0. The minimum atomic E-state index is -0.273. The molecule has 18 heavy (non-hydrogen) atoms. The Balaban J connectivity index is 2.02. The van der Waals surface area contributed by atoms with Crippen molar-refractivity contribution >= 4 is 16.9 Å². The van der Waals surface area contributed by atoms with Gasteiger partial charge in [0.1, 0.15) is 18.5 Å². The molecule has 1 aromatic carbocycles. The molecule has 0 spiro atoms. The van der Waals surface area contributed by atoms with Gasteiger partial charge >= 0.3 is 5.97 Å². The van der Waals surface area contributed by atoms with Gasteiger partial charge in [0.2, 0.25) is 0 Å². The molecule has 3 rings (SSSR count). The van der Waals surface area contributed by atoms with Crippen LogP contribution >= 0.6 is 0 Å². The van der Waals surface area contributed by atoms with Crippen LogP contribution in [-0.2, 0) is 16.0 Å². The monoisotopic (exact) mass is 243 g/mol. The molecule has 0 amide bonds. The van der Waals surface area contributed by atoms with E-state index in [1.54, 1.807) is 6.20 Å². The van der Waals surface area contributed by atoms with E-state index in [-0.39, 0.29) is 12.1 Å². The number of carbonyl (C=O) groups excluding carboxylic acids is 1. The first kappa shape index (κ1) is 11.0. The number of hydrogen-bond donors (Lipinski definition) is 0. The van der Waals surface area contributed by atoms with E-state index in [0.29, 0.717) is 13.0 Å². The second-order valence-electron chi connectivity index (χ2n) is 4.36. The van der Waals surface area contributed by atoms with E-state index in [1.165, 1.54) is 6.92 Å². The molecule has 1 aliphatic rings. The normalized spacial score (nSPS) is 17.9. The van der Waals surface area contributed by atoms with Gasteiger partial charge in [-0.2, -0.15) is 0 Å². The molecule has 0 fully saturated rings. The lowest BCUT2D eigenvalue weighted by Crippen LogP contribution is -2.30. The van der Waals surface area contributed by atoms with Crippen LogP contribution in [0.5, 0.6) is 5.75 Å². The number of esters is 1. The van der Waals surface area contributed by atoms with E-state index < -0.39 is 0 Å². The molecule has 0 aliphatic carbocycles. The van der Waals surface area contributed by atoms with E-state index in [4.69, 9.17) is 9.47 Å². The van der Waals surface area contributed by atoms with E-state index >= 15 is 0 Å². The topological polar surface area (TPSA) is 48.4 Å². The molecule has 4 nitrogen and oxygen atoms in total. The average Bonchev–Trinajstić information content (AvgIpc) is 2.38. The number of hydrogen-bond acceptors (Lipinski definition) is 4. The van der Waals surface area contributed by atoms with Crippen LogP contribution in [-0.4, -0.2) is 23.7 Å². The minimum Gasteiger partial charge on any atom is -0.489 e. The van der Waals surface area contributed by atoms with Crippen molar-refractivity contribution in [3.05, 3.63) is 36.0 Å². The predicted molar refractivity (Wildman–Crippen MR) is 66.5 cm³/mol. The quantitative estimate of drug-likeness (QED) is 0.720. The summed E-state index contributed by atoms with van der Waals surface area (Å²) in [6, 6.07) is 7.79. The highest BCUT2D eigenvalue weighted by atomic mass is 16.6. The number of rotatable bonds is 1. The van der Waals surface area contributed by atoms with Crippen LogP contribution in [0.15, 0.2) is 30.5 Å². The van der Waals surface area contributed by atoms with Gasteiger partial charge in [-0.15, -0.1) is 0 Å². The Kier molecular flexibility index (Phi) is 2.63. The number of pyridine rings is 1. The molecule has 1 aliphatic heterocycles. The fraction of sp³-hybridized carbons (Fsp3) is 0.286. The lowest BCUT2D eigenvalue weighted by Gasteiger charge is -2.25. The molecule has 2 heterocycles. The second-order valence-corrected chi connectivity index (χ2v) is 4.36. The Morgan fingerprint density at radius 3 is 3.17 bits per heavy atom. The van der Waals surface area contributed by atoms with Gasteiger partial charge < -0.3 is 9.47 Å². The number of fused-ring (bicyclic) bond motifs is 3. The fourth-order valence-electron chi connectivity index (χ4n) is 2.32. The summed E-state index contributed by atoms with van der Waals surface area (Å²) in [5.41, 5.74) is 2.00. The maximum Gasteiger partial charge on any atom is 0.303 e. The molecule has 0 radical (unpaired) electrons. The van der Waals surface area contributed by atoms with Gasteiger partial charge in [-0.25, -0.2) is 0 Å². The lowest BCUT2D eigenvalue weighted by atomic mass is 9.99. The summed E-state index contributed by atoms with van der Waals surface area (Å²) in [6.45, 7) is 1.83. The Labute approximate surface area is 105 Å². The standard InChI is InChI=1S/C14H13NO3/c1-9(16)18-10-7-12-11-3-2-6-15-13(11)4-5-14(12)17-8-10/h2-6,10H,7-8H2,1H3/t10-/m1/s1. The fourth-order valence-corrected chi connectivity index (χ4v) is 2.32. The van der Waals surface area contributed by atoms with E-state index in [0.717, 1.165) is 22.2 Å². The predicted octanol–water partition coefficient (Wildman–Crippen LogP) is 2.10. The Hall–Kier alpha value is -2.10. The highest BCUT2D eigenvalue weighted by Gasteiger charge is 2.23. The van der Waals surface area contributed by atoms with Crippen LogP contribution in [0, 0.1) is 0 Å². The summed E-state index contributed by atoms with van der Waals surface area (Å²) in [5, 5.41) is 1.06. The van der Waals surface area contributed by atoms with Gasteiger partial charge in [-0.3, -0.25) is 9.78 Å². The van der Waals surface area contributed by atoms with Crippen LogP contribution in [0.4, 0.5) is 0 Å². The van der Waals surface area contributed by atoms with Crippen molar-refractivity contribution < 1.29 is 14.3 Å². The van der Waals surface area contributed by atoms with Crippen molar-refractivity contribution in [1.29, 1.82) is 0 Å². The Bertz CT molecular complexity index is 609. The van der Waals surface area contributed by atoms with Crippen molar-refractivity contribution in [1.82, 2.24) is 4.98 Å². The highest BCUT2D eigenvalue weighted by molar-refractivity contribution is 5.84. The number of carbonyl (C=O) groups is 1. The third-order valence-electron chi connectivity index (χ3n) is 3.04. The maximum absolute atomic E-state index is 11.0. The van der Waals surface area contributed by atoms with Crippen LogP contribution in [0.1, 0.15) is 12.5 Å². The van der Waals surface area contributed by atoms with Crippen molar-refractivity contribution in [3.8, 4) is 5.75 Å². The molecule has 1 atom stereocenters. The molecule has 0 N–H and O–H groups in total. The number of benzene rings is 1. The average molecular weight is 243 g/mol. The van der Waals surface area contributed by atoms with E-state index in [9.17, 15) is 4.79 Å². The molecule has 92 valence electrons. The zero-order valence-corrected chi connectivity index (χ0v) is 10.1. The van der Waals surface area contributed by atoms with Gasteiger partial charge in [0.15, 0.2) is 0 Å². The Morgan fingerprint density at radius 1 is 1.44 bits per heavy atom. The largest absolute Gasteiger partial charge is 0.489 e. The minimum absolute atomic E-state index is 0.208. The molecule has 2 aromatic rings. The van der Waals surface area contributed by atoms with Crippen molar-refractivity contribution in [3.63, 3.8) is 0 Å². The van der Waals surface area contributed by atoms with Crippen LogP contribution in [0.3, 0.4) is 0 Å². The summed E-state index contributed by atoms with van der Waals surface area (Å²) in [4.78, 5) is 15.3. The molecule has 4 heteroatoms. The zero-order valence-electron chi connectivity index (χ0n) is 10.1. The van der Waals surface area contributed by atoms with Gasteiger partial charge in [-0.1, -0.05) is 6.07 Å². The van der Waals surface area contributed by atoms with Crippen molar-refractivity contribution in [2.75, 3.05) is 6.61 Å². The zero-order chi connectivity index (χ0) is 12.5. The molecule has 0 saturated carbocycles. The molecular weight excluding hydrogens is 230 g/mol. The first-order valence-electron chi connectivity index (χ1n) is 5.90. The summed E-state index contributed by atoms with van der Waals surface area (Å²) in [6.07, 6.45) is 2.24. The molecule has 0 unspecified atom stereocenters. The van der Waals surface area contributed by atoms with Crippen LogP contribution in [0.2, 0.25) is 0 Å². The third kappa shape index (κ3) is 1.90. The summed E-state index contributed by atoms with van der Waals surface area (Å²) in [5.74, 6) is 0.587. The van der Waals surface area contributed by atoms with E-state index in [2.05, 4.69) is 4.98 Å². The van der Waals surface area contributed by atoms with Crippen molar-refractivity contribution in [2.45, 2.75) is 19.4 Å². The first-order valence-corrected chi connectivity index (χ1v) is 5.90. The molecule has 0 bridgehead atoms. The first-order chi connectivity index (χ1) is 8.74. The van der Waals surface area contributed by atoms with Gasteiger partial charge in [0.05, 0.1) is 5.52 Å². The highest BCUT2D eigenvalue weighted by Crippen LogP contribution is 2.31. The molecule has 1 aromatic heterocycles. The number of nitrogens with zero attached hydrogens (tertiary/aromatic N) is 1. The van der Waals surface area contributed by atoms with Crippen LogP contribution < -0.4 is 4.74 Å². The second kappa shape index (κ2) is 4.29.